The van der Waals surface area contributed by atoms with E-state index in [-0.39, 0.29) is 12.5 Å². The first-order valence-electron chi connectivity index (χ1n) is 8.15. The topological polar surface area (TPSA) is 29.5 Å². The van der Waals surface area contributed by atoms with Crippen LogP contribution in [0.1, 0.15) is 17.2 Å². The quantitative estimate of drug-likeness (QED) is 0.722. The molecule has 1 heterocycles. The van der Waals surface area contributed by atoms with E-state index < -0.39 is 0 Å². The molecule has 132 valence electrons. The summed E-state index contributed by atoms with van der Waals surface area (Å²) in [7, 11) is 0. The fraction of sp³-hybridized carbons (Fsp3) is 0.316. The van der Waals surface area contributed by atoms with Crippen molar-refractivity contribution in [1.82, 2.24) is 4.90 Å². The summed E-state index contributed by atoms with van der Waals surface area (Å²) in [6.07, 6.45) is 0.947. The summed E-state index contributed by atoms with van der Waals surface area (Å²) in [5.74, 6) is 1.39. The summed E-state index contributed by atoms with van der Waals surface area (Å²) in [5.41, 5.74) is 1.32. The fourth-order valence-corrected chi connectivity index (χ4v) is 4.47. The average molecular weight is 396 g/mol. The van der Waals surface area contributed by atoms with Crippen LogP contribution < -0.4 is 4.74 Å². The maximum Gasteiger partial charge on any atom is 0.260 e. The molecular formula is C19H19Cl2NO2S. The molecule has 0 unspecified atom stereocenters. The minimum atomic E-state index is -0.0136. The van der Waals surface area contributed by atoms with Crippen LogP contribution in [-0.4, -0.2) is 36.3 Å². The van der Waals surface area contributed by atoms with Crippen molar-refractivity contribution in [2.24, 2.45) is 0 Å². The van der Waals surface area contributed by atoms with Gasteiger partial charge in [0.1, 0.15) is 5.75 Å². The predicted molar refractivity (Wildman–Crippen MR) is 105 cm³/mol. The van der Waals surface area contributed by atoms with E-state index in [9.17, 15) is 4.79 Å². The van der Waals surface area contributed by atoms with E-state index in [0.717, 1.165) is 25.3 Å². The molecule has 3 rings (SSSR count). The van der Waals surface area contributed by atoms with Crippen LogP contribution in [0.15, 0.2) is 48.5 Å². The highest BCUT2D eigenvalue weighted by Crippen LogP contribution is 2.34. The van der Waals surface area contributed by atoms with E-state index in [1.165, 1.54) is 5.56 Å². The molecule has 0 N–H and O–H groups in total. The summed E-state index contributed by atoms with van der Waals surface area (Å²) >= 11 is 13.8. The van der Waals surface area contributed by atoms with E-state index in [1.54, 1.807) is 18.2 Å². The molecule has 1 atom stereocenters. The van der Waals surface area contributed by atoms with Crippen LogP contribution in [0, 0.1) is 0 Å². The predicted octanol–water partition coefficient (Wildman–Crippen LogP) is 5.08. The second-order valence-corrected chi connectivity index (χ2v) is 7.96. The minimum absolute atomic E-state index is 0.0119. The van der Waals surface area contributed by atoms with Gasteiger partial charge in [0.05, 0.1) is 5.02 Å². The number of hydrogen-bond donors (Lipinski definition) is 0. The van der Waals surface area contributed by atoms with Gasteiger partial charge in [-0.25, -0.2) is 0 Å². The summed E-state index contributed by atoms with van der Waals surface area (Å²) in [4.78, 5) is 14.3. The van der Waals surface area contributed by atoms with Crippen LogP contribution in [-0.2, 0) is 4.79 Å². The smallest absolute Gasteiger partial charge is 0.260 e. The fourth-order valence-electron chi connectivity index (χ4n) is 2.78. The second-order valence-electron chi connectivity index (χ2n) is 5.80. The van der Waals surface area contributed by atoms with Crippen molar-refractivity contribution in [3.63, 3.8) is 0 Å². The Bertz CT molecular complexity index is 727. The molecule has 0 radical (unpaired) electrons. The Morgan fingerprint density at radius 1 is 1.16 bits per heavy atom. The Labute approximate surface area is 162 Å². The zero-order chi connectivity index (χ0) is 17.6. The van der Waals surface area contributed by atoms with Gasteiger partial charge in [0, 0.05) is 29.1 Å². The van der Waals surface area contributed by atoms with Gasteiger partial charge in [-0.3, -0.25) is 4.79 Å². The molecule has 1 saturated heterocycles. The van der Waals surface area contributed by atoms with Crippen LogP contribution in [0.4, 0.5) is 0 Å². The molecule has 6 heteroatoms. The number of amides is 1. The minimum Gasteiger partial charge on any atom is -0.482 e. The lowest BCUT2D eigenvalue weighted by atomic mass is 10.1. The first-order chi connectivity index (χ1) is 12.1. The molecule has 0 spiro atoms. The van der Waals surface area contributed by atoms with Gasteiger partial charge < -0.3 is 9.64 Å². The van der Waals surface area contributed by atoms with Crippen molar-refractivity contribution in [3.8, 4) is 5.75 Å². The molecule has 1 amide bonds. The average Bonchev–Trinajstić information content (AvgIpc) is 2.88. The van der Waals surface area contributed by atoms with Gasteiger partial charge in [-0.05, 0) is 30.2 Å². The Balaban J connectivity index is 1.54. The maximum absolute atomic E-state index is 12.5. The lowest BCUT2D eigenvalue weighted by molar-refractivity contribution is -0.133. The van der Waals surface area contributed by atoms with E-state index in [4.69, 9.17) is 27.9 Å². The second kappa shape index (κ2) is 8.84. The molecule has 1 aliphatic rings. The van der Waals surface area contributed by atoms with Gasteiger partial charge in [-0.2, -0.15) is 11.8 Å². The Morgan fingerprint density at radius 3 is 2.72 bits per heavy atom. The number of rotatable bonds is 4. The molecule has 0 aliphatic carbocycles. The molecular weight excluding hydrogens is 377 g/mol. The highest BCUT2D eigenvalue weighted by molar-refractivity contribution is 7.99. The third-order valence-corrected chi connectivity index (χ3v) is 5.97. The SMILES string of the molecule is O=C(COc1ccc(Cl)cc1Cl)N1CCS[C@@H](c2ccccc2)CC1. The number of hydrogen-bond acceptors (Lipinski definition) is 3. The van der Waals surface area contributed by atoms with Crippen LogP contribution in [0.5, 0.6) is 5.75 Å². The van der Waals surface area contributed by atoms with Gasteiger partial charge in [-0.1, -0.05) is 53.5 Å². The van der Waals surface area contributed by atoms with E-state index in [0.29, 0.717) is 21.0 Å². The molecule has 1 fully saturated rings. The van der Waals surface area contributed by atoms with Gasteiger partial charge in [0.25, 0.3) is 5.91 Å². The summed E-state index contributed by atoms with van der Waals surface area (Å²) in [6, 6.07) is 15.4. The van der Waals surface area contributed by atoms with Crippen LogP contribution in [0.25, 0.3) is 0 Å². The van der Waals surface area contributed by atoms with Crippen molar-refractivity contribution >= 4 is 40.9 Å². The molecule has 0 aromatic heterocycles. The molecule has 2 aromatic carbocycles. The van der Waals surface area contributed by atoms with Crippen LogP contribution in [0.2, 0.25) is 10.0 Å². The van der Waals surface area contributed by atoms with Crippen molar-refractivity contribution < 1.29 is 9.53 Å². The van der Waals surface area contributed by atoms with E-state index in [2.05, 4.69) is 24.3 Å². The lowest BCUT2D eigenvalue weighted by Crippen LogP contribution is -2.36. The monoisotopic (exact) mass is 395 g/mol. The number of thioether (sulfide) groups is 1. The van der Waals surface area contributed by atoms with Gasteiger partial charge >= 0.3 is 0 Å². The molecule has 3 nitrogen and oxygen atoms in total. The Hall–Kier alpha value is -1.36. The van der Waals surface area contributed by atoms with Gasteiger partial charge in [-0.15, -0.1) is 0 Å². The van der Waals surface area contributed by atoms with Crippen molar-refractivity contribution in [1.29, 1.82) is 0 Å². The Morgan fingerprint density at radius 2 is 1.96 bits per heavy atom. The molecule has 1 aliphatic heterocycles. The molecule has 2 aromatic rings. The van der Waals surface area contributed by atoms with Crippen molar-refractivity contribution in [2.75, 3.05) is 25.4 Å². The first kappa shape index (κ1) is 18.4. The highest BCUT2D eigenvalue weighted by Gasteiger charge is 2.22. The number of ether oxygens (including phenoxy) is 1. The van der Waals surface area contributed by atoms with Crippen molar-refractivity contribution in [2.45, 2.75) is 11.7 Å². The molecule has 25 heavy (non-hydrogen) atoms. The van der Waals surface area contributed by atoms with Crippen LogP contribution in [0.3, 0.4) is 0 Å². The standard InChI is InChI=1S/C19H19Cl2NO2S/c20-15-6-7-17(16(21)12-15)24-13-19(23)22-9-8-18(25-11-10-22)14-4-2-1-3-5-14/h1-7,12,18H,8-11,13H2/t18-/m1/s1. The number of benzene rings is 2. The lowest BCUT2D eigenvalue weighted by Gasteiger charge is -2.20. The van der Waals surface area contributed by atoms with Crippen LogP contribution >= 0.6 is 35.0 Å². The van der Waals surface area contributed by atoms with Gasteiger partial charge in [0.15, 0.2) is 6.61 Å². The summed E-state index contributed by atoms with van der Waals surface area (Å²) < 4.78 is 5.57. The Kier molecular flexibility index (Phi) is 6.51. The maximum atomic E-state index is 12.5. The largest absolute Gasteiger partial charge is 0.482 e. The third kappa shape index (κ3) is 5.06. The molecule has 0 bridgehead atoms. The number of carbonyl (C=O) groups is 1. The zero-order valence-corrected chi connectivity index (χ0v) is 16.0. The highest BCUT2D eigenvalue weighted by atomic mass is 35.5. The normalized spacial score (nSPS) is 17.8. The van der Waals surface area contributed by atoms with E-state index in [1.807, 2.05) is 22.7 Å². The first-order valence-corrected chi connectivity index (χ1v) is 9.96. The summed E-state index contributed by atoms with van der Waals surface area (Å²) in [6.45, 7) is 1.47. The number of halogens is 2. The van der Waals surface area contributed by atoms with E-state index >= 15 is 0 Å². The number of nitrogens with zero attached hydrogens (tertiary/aromatic N) is 1. The number of carbonyl (C=O) groups excluding carboxylic acids is 1. The van der Waals surface area contributed by atoms with Gasteiger partial charge in [0.2, 0.25) is 0 Å². The summed E-state index contributed by atoms with van der Waals surface area (Å²) in [5, 5.41) is 1.39. The van der Waals surface area contributed by atoms with Crippen molar-refractivity contribution in [3.05, 3.63) is 64.1 Å². The third-order valence-electron chi connectivity index (χ3n) is 4.11. The molecule has 0 saturated carbocycles. The zero-order valence-electron chi connectivity index (χ0n) is 13.7.